The molecule has 0 radical (unpaired) electrons. The third kappa shape index (κ3) is 2.37. The van der Waals surface area contributed by atoms with E-state index >= 15 is 0 Å². The molecular formula is C14H16Cl2N4O. The minimum Gasteiger partial charge on any atom is -0.455 e. The summed E-state index contributed by atoms with van der Waals surface area (Å²) in [5.74, 6) is 1.20. The van der Waals surface area contributed by atoms with Crippen LogP contribution >= 0.6 is 23.2 Å². The Morgan fingerprint density at radius 1 is 1.29 bits per heavy atom. The number of hydrogen-bond acceptors (Lipinski definition) is 5. The lowest BCUT2D eigenvalue weighted by atomic mass is 9.75. The number of ether oxygens (including phenoxy) is 1. The van der Waals surface area contributed by atoms with Crippen LogP contribution in [0.1, 0.15) is 12.8 Å². The largest absolute Gasteiger partial charge is 0.455 e. The highest BCUT2D eigenvalue weighted by Crippen LogP contribution is 2.40. The second kappa shape index (κ2) is 5.00. The number of nitrogens with zero attached hydrogens (tertiary/aromatic N) is 3. The molecular weight excluding hydrogens is 311 g/mol. The maximum Gasteiger partial charge on any atom is 0.291 e. The van der Waals surface area contributed by atoms with E-state index in [1.54, 1.807) is 12.1 Å². The molecule has 0 amide bonds. The van der Waals surface area contributed by atoms with Gasteiger partial charge in [0.25, 0.3) is 6.02 Å². The number of pyridine rings is 1. The minimum absolute atomic E-state index is 0.144. The molecule has 3 saturated heterocycles. The van der Waals surface area contributed by atoms with Crippen molar-refractivity contribution in [2.45, 2.75) is 18.4 Å². The maximum absolute atomic E-state index is 6.18. The zero-order chi connectivity index (χ0) is 14.4. The zero-order valence-corrected chi connectivity index (χ0v) is 13.0. The molecule has 5 rings (SSSR count). The first kappa shape index (κ1) is 13.6. The molecule has 21 heavy (non-hydrogen) atoms. The summed E-state index contributed by atoms with van der Waals surface area (Å²) in [5.41, 5.74) is -0.144. The number of anilines is 1. The SMILES string of the molecule is Clc1ccc(NC2=NCC3(CN4CCC3CC4)O2)nc1Cl. The lowest BCUT2D eigenvalue weighted by Crippen LogP contribution is -2.61. The fourth-order valence-electron chi connectivity index (χ4n) is 3.54. The maximum atomic E-state index is 6.18. The van der Waals surface area contributed by atoms with Gasteiger partial charge in [-0.3, -0.25) is 10.2 Å². The standard InChI is InChI=1S/C14H16Cl2N4O/c15-10-1-2-11(18-12(10)16)19-13-17-7-14(21-13)8-20-5-3-9(14)4-6-20/h1-2,9H,3-8H2,(H,17,18,19). The molecule has 1 aromatic rings. The van der Waals surface area contributed by atoms with Gasteiger partial charge in [0.05, 0.1) is 11.6 Å². The highest BCUT2D eigenvalue weighted by atomic mass is 35.5. The van der Waals surface area contributed by atoms with Crippen LogP contribution in [-0.2, 0) is 4.74 Å². The van der Waals surface area contributed by atoms with Crippen LogP contribution in [0, 0.1) is 5.92 Å². The number of piperidine rings is 3. The van der Waals surface area contributed by atoms with Crippen molar-refractivity contribution < 1.29 is 4.74 Å². The molecule has 5 heterocycles. The van der Waals surface area contributed by atoms with E-state index in [0.717, 1.165) is 13.1 Å². The van der Waals surface area contributed by atoms with Crippen molar-refractivity contribution in [2.24, 2.45) is 10.9 Å². The average molecular weight is 327 g/mol. The highest BCUT2D eigenvalue weighted by molar-refractivity contribution is 6.41. The molecule has 7 heteroatoms. The van der Waals surface area contributed by atoms with Crippen molar-refractivity contribution in [1.82, 2.24) is 9.88 Å². The predicted octanol–water partition coefficient (Wildman–Crippen LogP) is 2.65. The van der Waals surface area contributed by atoms with Crippen LogP contribution in [-0.4, -0.2) is 47.7 Å². The molecule has 1 spiro atoms. The molecule has 0 aromatic carbocycles. The average Bonchev–Trinajstić information content (AvgIpc) is 2.87. The van der Waals surface area contributed by atoms with E-state index in [0.29, 0.717) is 22.8 Å². The third-order valence-electron chi connectivity index (χ3n) is 4.65. The number of aliphatic imine (C=N–C) groups is 1. The number of fused-ring (bicyclic) bond motifs is 2. The molecule has 1 N–H and O–H groups in total. The van der Waals surface area contributed by atoms with Gasteiger partial charge in [-0.05, 0) is 38.1 Å². The van der Waals surface area contributed by atoms with Crippen LogP contribution < -0.4 is 5.32 Å². The van der Waals surface area contributed by atoms with Crippen LogP contribution in [0.2, 0.25) is 10.2 Å². The molecule has 2 bridgehead atoms. The Kier molecular flexibility index (Phi) is 3.24. The summed E-state index contributed by atoms with van der Waals surface area (Å²) in [7, 11) is 0. The van der Waals surface area contributed by atoms with E-state index in [1.165, 1.54) is 25.9 Å². The zero-order valence-electron chi connectivity index (χ0n) is 11.5. The van der Waals surface area contributed by atoms with Crippen LogP contribution in [0.5, 0.6) is 0 Å². The van der Waals surface area contributed by atoms with Gasteiger partial charge in [-0.25, -0.2) is 9.98 Å². The van der Waals surface area contributed by atoms with E-state index in [1.807, 2.05) is 0 Å². The van der Waals surface area contributed by atoms with E-state index < -0.39 is 0 Å². The number of halogens is 2. The van der Waals surface area contributed by atoms with E-state index in [-0.39, 0.29) is 10.8 Å². The molecule has 3 fully saturated rings. The van der Waals surface area contributed by atoms with Gasteiger partial charge in [0.15, 0.2) is 0 Å². The van der Waals surface area contributed by atoms with Gasteiger partial charge in [-0.2, -0.15) is 0 Å². The van der Waals surface area contributed by atoms with Crippen molar-refractivity contribution >= 4 is 35.0 Å². The highest BCUT2D eigenvalue weighted by Gasteiger charge is 2.51. The van der Waals surface area contributed by atoms with Gasteiger partial charge in [0.2, 0.25) is 0 Å². The van der Waals surface area contributed by atoms with E-state index in [2.05, 4.69) is 20.2 Å². The minimum atomic E-state index is -0.144. The molecule has 1 aromatic heterocycles. The second-order valence-electron chi connectivity index (χ2n) is 5.93. The normalized spacial score (nSPS) is 33.9. The van der Waals surface area contributed by atoms with Crippen molar-refractivity contribution in [3.63, 3.8) is 0 Å². The Hall–Kier alpha value is -1.04. The molecule has 1 unspecified atom stereocenters. The predicted molar refractivity (Wildman–Crippen MR) is 83.2 cm³/mol. The lowest BCUT2D eigenvalue weighted by molar-refractivity contribution is -0.0829. The van der Waals surface area contributed by atoms with Crippen molar-refractivity contribution in [3.8, 4) is 0 Å². The molecule has 1 atom stereocenters. The summed E-state index contributed by atoms with van der Waals surface area (Å²) in [6, 6.07) is 4.01. The first-order valence-electron chi connectivity index (χ1n) is 7.19. The molecule has 112 valence electrons. The van der Waals surface area contributed by atoms with Gasteiger partial charge in [0, 0.05) is 12.5 Å². The Morgan fingerprint density at radius 3 is 2.76 bits per heavy atom. The van der Waals surface area contributed by atoms with E-state index in [9.17, 15) is 0 Å². The number of aromatic nitrogens is 1. The Balaban J connectivity index is 1.47. The summed E-state index contributed by atoms with van der Waals surface area (Å²) in [6.45, 7) is 4.07. The van der Waals surface area contributed by atoms with Crippen LogP contribution in [0.25, 0.3) is 0 Å². The fraction of sp³-hybridized carbons (Fsp3) is 0.571. The third-order valence-corrected chi connectivity index (χ3v) is 5.34. The fourth-order valence-corrected chi connectivity index (χ4v) is 3.80. The van der Waals surface area contributed by atoms with Gasteiger partial charge in [0.1, 0.15) is 16.6 Å². The summed E-state index contributed by atoms with van der Waals surface area (Å²) in [6.07, 6.45) is 2.40. The molecule has 5 nitrogen and oxygen atoms in total. The first-order chi connectivity index (χ1) is 10.1. The Morgan fingerprint density at radius 2 is 2.10 bits per heavy atom. The van der Waals surface area contributed by atoms with Crippen molar-refractivity contribution in [1.29, 1.82) is 0 Å². The monoisotopic (exact) mass is 326 g/mol. The molecule has 4 aliphatic rings. The summed E-state index contributed by atoms with van der Waals surface area (Å²) >= 11 is 11.8. The van der Waals surface area contributed by atoms with Gasteiger partial charge >= 0.3 is 0 Å². The van der Waals surface area contributed by atoms with Crippen molar-refractivity contribution in [3.05, 3.63) is 22.3 Å². The van der Waals surface area contributed by atoms with Gasteiger partial charge < -0.3 is 4.74 Å². The van der Waals surface area contributed by atoms with Crippen molar-refractivity contribution in [2.75, 3.05) is 31.5 Å². The first-order valence-corrected chi connectivity index (χ1v) is 7.95. The van der Waals surface area contributed by atoms with Crippen LogP contribution in [0.15, 0.2) is 17.1 Å². The van der Waals surface area contributed by atoms with Crippen LogP contribution in [0.4, 0.5) is 5.82 Å². The van der Waals surface area contributed by atoms with Crippen LogP contribution in [0.3, 0.4) is 0 Å². The van der Waals surface area contributed by atoms with Gasteiger partial charge in [-0.1, -0.05) is 23.2 Å². The van der Waals surface area contributed by atoms with E-state index in [4.69, 9.17) is 27.9 Å². The lowest BCUT2D eigenvalue weighted by Gasteiger charge is -2.50. The number of nitrogens with one attached hydrogen (secondary N) is 1. The van der Waals surface area contributed by atoms with Gasteiger partial charge in [-0.15, -0.1) is 0 Å². The summed E-state index contributed by atoms with van der Waals surface area (Å²) in [5, 5.41) is 3.81. The quantitative estimate of drug-likeness (QED) is 0.806. The Labute approximate surface area is 133 Å². The summed E-state index contributed by atoms with van der Waals surface area (Å²) in [4.78, 5) is 11.2. The molecule has 0 saturated carbocycles. The number of hydrogen-bond donors (Lipinski definition) is 1. The summed E-state index contributed by atoms with van der Waals surface area (Å²) < 4.78 is 6.18. The second-order valence-corrected chi connectivity index (χ2v) is 6.70. The number of rotatable bonds is 1. The molecule has 4 aliphatic heterocycles. The Bertz CT molecular complexity index is 601. The smallest absolute Gasteiger partial charge is 0.291 e. The number of amidine groups is 1. The molecule has 0 aliphatic carbocycles. The topological polar surface area (TPSA) is 49.8 Å².